The van der Waals surface area contributed by atoms with Crippen molar-refractivity contribution in [1.82, 2.24) is 5.32 Å². The molecule has 1 amide bonds. The normalized spacial score (nSPS) is 17.9. The highest BCUT2D eigenvalue weighted by Crippen LogP contribution is 2.18. The summed E-state index contributed by atoms with van der Waals surface area (Å²) in [5.41, 5.74) is 0.766. The van der Waals surface area contributed by atoms with E-state index in [1.807, 2.05) is 13.8 Å². The Bertz CT molecular complexity index is 273. The van der Waals surface area contributed by atoms with Crippen LogP contribution >= 0.6 is 0 Å². The van der Waals surface area contributed by atoms with Crippen LogP contribution in [0.5, 0.6) is 0 Å². The Hall–Kier alpha value is -1.03. The lowest BCUT2D eigenvalue weighted by Crippen LogP contribution is -2.35. The van der Waals surface area contributed by atoms with Gasteiger partial charge in [-0.05, 0) is 39.5 Å². The zero-order chi connectivity index (χ0) is 12.0. The maximum atomic E-state index is 11.9. The summed E-state index contributed by atoms with van der Waals surface area (Å²) in [5, 5.41) is 11.6. The summed E-state index contributed by atoms with van der Waals surface area (Å²) in [4.78, 5) is 11.9. The number of nitrogens with one attached hydrogen (secondary N) is 1. The third-order valence-corrected chi connectivity index (χ3v) is 2.76. The van der Waals surface area contributed by atoms with Crippen LogP contribution in [0.3, 0.4) is 0 Å². The number of aliphatic hydroxyl groups excluding tert-OH is 1. The summed E-state index contributed by atoms with van der Waals surface area (Å²) in [5.74, 6) is 0.723. The smallest absolute Gasteiger partial charge is 0.250 e. The van der Waals surface area contributed by atoms with Crippen molar-refractivity contribution in [3.63, 3.8) is 0 Å². The summed E-state index contributed by atoms with van der Waals surface area (Å²) in [6.45, 7) is 4.67. The van der Waals surface area contributed by atoms with Gasteiger partial charge in [-0.3, -0.25) is 4.79 Å². The lowest BCUT2D eigenvalue weighted by molar-refractivity contribution is -0.118. The van der Waals surface area contributed by atoms with Gasteiger partial charge in [0.15, 0.2) is 0 Å². The van der Waals surface area contributed by atoms with E-state index in [2.05, 4.69) is 5.32 Å². The highest BCUT2D eigenvalue weighted by atomic mass is 16.5. The number of allylic oxidation sites excluding steroid dienone is 1. The minimum absolute atomic E-state index is 0.0253. The maximum Gasteiger partial charge on any atom is 0.250 e. The van der Waals surface area contributed by atoms with Gasteiger partial charge in [-0.1, -0.05) is 0 Å². The highest BCUT2D eigenvalue weighted by Gasteiger charge is 2.18. The summed E-state index contributed by atoms with van der Waals surface area (Å²) in [6.07, 6.45) is 3.22. The van der Waals surface area contributed by atoms with Crippen LogP contribution in [0.15, 0.2) is 11.3 Å². The van der Waals surface area contributed by atoms with Gasteiger partial charge in [-0.25, -0.2) is 0 Å². The van der Waals surface area contributed by atoms with Crippen molar-refractivity contribution in [3.8, 4) is 0 Å². The second kappa shape index (κ2) is 6.53. The third kappa shape index (κ3) is 3.85. The first-order valence-corrected chi connectivity index (χ1v) is 5.89. The largest absolute Gasteiger partial charge is 0.498 e. The fourth-order valence-corrected chi connectivity index (χ4v) is 1.79. The molecule has 1 heterocycles. The second-order valence-corrected chi connectivity index (χ2v) is 4.23. The Balaban J connectivity index is 2.45. The summed E-state index contributed by atoms with van der Waals surface area (Å²) in [7, 11) is 0. The average molecular weight is 227 g/mol. The number of amides is 1. The molecule has 0 saturated heterocycles. The molecule has 0 bridgehead atoms. The zero-order valence-corrected chi connectivity index (χ0v) is 10.1. The molecule has 4 heteroatoms. The first kappa shape index (κ1) is 13.0. The fourth-order valence-electron chi connectivity index (χ4n) is 1.79. The molecule has 0 aromatic heterocycles. The van der Waals surface area contributed by atoms with Crippen LogP contribution in [0.25, 0.3) is 0 Å². The Morgan fingerprint density at radius 2 is 2.38 bits per heavy atom. The lowest BCUT2D eigenvalue weighted by atomic mass is 10.1. The number of hydrogen-bond donors (Lipinski definition) is 2. The molecule has 0 fully saturated rings. The zero-order valence-electron chi connectivity index (χ0n) is 10.1. The van der Waals surface area contributed by atoms with E-state index >= 15 is 0 Å². The van der Waals surface area contributed by atoms with Crippen LogP contribution < -0.4 is 5.32 Å². The van der Waals surface area contributed by atoms with Gasteiger partial charge < -0.3 is 15.2 Å². The molecular formula is C12H21NO3. The van der Waals surface area contributed by atoms with Gasteiger partial charge in [0, 0.05) is 12.6 Å². The molecular weight excluding hydrogens is 206 g/mol. The van der Waals surface area contributed by atoms with Crippen molar-refractivity contribution in [1.29, 1.82) is 0 Å². The fraction of sp³-hybridized carbons (Fsp3) is 0.750. The molecule has 1 aliphatic heterocycles. The molecule has 0 radical (unpaired) electrons. The van der Waals surface area contributed by atoms with E-state index in [0.717, 1.165) is 37.0 Å². The van der Waals surface area contributed by atoms with E-state index in [1.54, 1.807) is 0 Å². The number of rotatable bonds is 5. The topological polar surface area (TPSA) is 58.6 Å². The standard InChI is InChI=1S/C12H21NO3/c1-9(5-3-7-14)13-12(15)11-6-4-8-16-10(11)2/h9,14H,3-8H2,1-2H3,(H,13,15). The minimum atomic E-state index is -0.0253. The molecule has 1 unspecified atom stereocenters. The number of ether oxygens (including phenoxy) is 1. The van der Waals surface area contributed by atoms with Crippen LogP contribution in [0, 0.1) is 0 Å². The Morgan fingerprint density at radius 1 is 1.62 bits per heavy atom. The van der Waals surface area contributed by atoms with Gasteiger partial charge in [0.25, 0.3) is 5.91 Å². The monoisotopic (exact) mass is 227 g/mol. The molecule has 16 heavy (non-hydrogen) atoms. The predicted molar refractivity (Wildman–Crippen MR) is 61.8 cm³/mol. The first-order chi connectivity index (χ1) is 7.65. The van der Waals surface area contributed by atoms with Gasteiger partial charge in [0.2, 0.25) is 0 Å². The molecule has 92 valence electrons. The van der Waals surface area contributed by atoms with E-state index in [9.17, 15) is 4.79 Å². The van der Waals surface area contributed by atoms with Gasteiger partial charge in [-0.15, -0.1) is 0 Å². The van der Waals surface area contributed by atoms with Gasteiger partial charge in [-0.2, -0.15) is 0 Å². The van der Waals surface area contributed by atoms with E-state index in [0.29, 0.717) is 6.61 Å². The number of hydrogen-bond acceptors (Lipinski definition) is 3. The minimum Gasteiger partial charge on any atom is -0.498 e. The number of carbonyl (C=O) groups excluding carboxylic acids is 1. The van der Waals surface area contributed by atoms with E-state index in [1.165, 1.54) is 0 Å². The van der Waals surface area contributed by atoms with Crippen molar-refractivity contribution in [2.24, 2.45) is 0 Å². The quantitative estimate of drug-likeness (QED) is 0.745. The molecule has 1 rings (SSSR count). The molecule has 1 aliphatic rings. The Labute approximate surface area is 96.7 Å². The van der Waals surface area contributed by atoms with Crippen LogP contribution in [0.4, 0.5) is 0 Å². The van der Waals surface area contributed by atoms with Crippen LogP contribution in [-0.2, 0) is 9.53 Å². The van der Waals surface area contributed by atoms with Crippen LogP contribution in [0.1, 0.15) is 39.5 Å². The van der Waals surface area contributed by atoms with E-state index in [-0.39, 0.29) is 18.6 Å². The van der Waals surface area contributed by atoms with Crippen LogP contribution in [-0.4, -0.2) is 30.3 Å². The van der Waals surface area contributed by atoms with Gasteiger partial charge in [0.05, 0.1) is 12.2 Å². The Kier molecular flexibility index (Phi) is 5.32. The summed E-state index contributed by atoms with van der Waals surface area (Å²) < 4.78 is 5.35. The number of carbonyl (C=O) groups is 1. The average Bonchev–Trinajstić information content (AvgIpc) is 2.26. The summed E-state index contributed by atoms with van der Waals surface area (Å²) >= 11 is 0. The molecule has 0 spiro atoms. The van der Waals surface area contributed by atoms with Crippen molar-refractivity contribution in [2.75, 3.05) is 13.2 Å². The van der Waals surface area contributed by atoms with Crippen molar-refractivity contribution in [3.05, 3.63) is 11.3 Å². The summed E-state index contributed by atoms with van der Waals surface area (Å²) in [6, 6.07) is 0.0990. The Morgan fingerprint density at radius 3 is 3.00 bits per heavy atom. The van der Waals surface area contributed by atoms with Gasteiger partial charge in [0.1, 0.15) is 5.76 Å². The molecule has 0 aromatic rings. The molecule has 1 atom stereocenters. The molecule has 0 aromatic carbocycles. The molecule has 4 nitrogen and oxygen atoms in total. The van der Waals surface area contributed by atoms with Crippen molar-refractivity contribution >= 4 is 5.91 Å². The predicted octanol–water partition coefficient (Wildman–Crippen LogP) is 1.35. The first-order valence-electron chi connectivity index (χ1n) is 5.89. The highest BCUT2D eigenvalue weighted by molar-refractivity contribution is 5.94. The molecule has 2 N–H and O–H groups in total. The lowest BCUT2D eigenvalue weighted by Gasteiger charge is -2.20. The van der Waals surface area contributed by atoms with E-state index in [4.69, 9.17) is 9.84 Å². The maximum absolute atomic E-state index is 11.9. The second-order valence-electron chi connectivity index (χ2n) is 4.23. The van der Waals surface area contributed by atoms with Gasteiger partial charge >= 0.3 is 0 Å². The third-order valence-electron chi connectivity index (χ3n) is 2.76. The number of aliphatic hydroxyl groups is 1. The molecule has 0 aliphatic carbocycles. The van der Waals surface area contributed by atoms with Crippen LogP contribution in [0.2, 0.25) is 0 Å². The molecule has 0 saturated carbocycles. The SMILES string of the molecule is CC1=C(C(=O)NC(C)CCCO)CCCO1. The van der Waals surface area contributed by atoms with Crippen molar-refractivity contribution in [2.45, 2.75) is 45.6 Å². The van der Waals surface area contributed by atoms with Crippen molar-refractivity contribution < 1.29 is 14.6 Å². The van der Waals surface area contributed by atoms with E-state index < -0.39 is 0 Å².